The van der Waals surface area contributed by atoms with Gasteiger partial charge in [-0.2, -0.15) is 0 Å². The minimum Gasteiger partial charge on any atom is -0.481 e. The van der Waals surface area contributed by atoms with Crippen LogP contribution in [0.3, 0.4) is 0 Å². The fourth-order valence-corrected chi connectivity index (χ4v) is 8.51. The van der Waals surface area contributed by atoms with E-state index in [2.05, 4.69) is 27.7 Å². The molecule has 4 aliphatic rings. The van der Waals surface area contributed by atoms with Gasteiger partial charge in [-0.25, -0.2) is 0 Å². The lowest BCUT2D eigenvalue weighted by Gasteiger charge is -2.37. The number of epoxide rings is 2. The summed E-state index contributed by atoms with van der Waals surface area (Å²) < 4.78 is 23.0. The summed E-state index contributed by atoms with van der Waals surface area (Å²) in [6.07, 6.45) is 9.89. The fraction of sp³-hybridized carbons (Fsp3) is 0.882. The molecule has 0 aromatic rings. The van der Waals surface area contributed by atoms with Crippen LogP contribution in [0.1, 0.15) is 105 Å². The number of carbonyl (C=O) groups excluding carboxylic acids is 2. The highest BCUT2D eigenvalue weighted by Crippen LogP contribution is 2.53. The van der Waals surface area contributed by atoms with Crippen molar-refractivity contribution in [3.63, 3.8) is 0 Å². The van der Waals surface area contributed by atoms with E-state index < -0.39 is 47.5 Å². The van der Waals surface area contributed by atoms with Gasteiger partial charge >= 0.3 is 23.9 Å². The van der Waals surface area contributed by atoms with Crippen LogP contribution in [0.25, 0.3) is 0 Å². The molecule has 10 heteroatoms. The maximum Gasteiger partial charge on any atom is 0.310 e. The third kappa shape index (κ3) is 7.95. The monoisotopic (exact) mass is 622 g/mol. The van der Waals surface area contributed by atoms with E-state index in [1.54, 1.807) is 0 Å². The van der Waals surface area contributed by atoms with Crippen molar-refractivity contribution in [1.29, 1.82) is 0 Å². The van der Waals surface area contributed by atoms with Gasteiger partial charge in [0.15, 0.2) is 0 Å². The SMILES string of the molecule is CCCCCC(CC)C1C2OC2CC(C(=O)O)C1C(=O)OCCOC(=O)C1C(C(=O)O)CC2OC2C1C(CC)CCCCC. The highest BCUT2D eigenvalue weighted by molar-refractivity contribution is 5.83. The van der Waals surface area contributed by atoms with E-state index in [-0.39, 0.29) is 74.1 Å². The Morgan fingerprint density at radius 3 is 1.36 bits per heavy atom. The van der Waals surface area contributed by atoms with E-state index in [1.165, 1.54) is 0 Å². The molecular weight excluding hydrogens is 568 g/mol. The molecule has 0 amide bonds. The lowest BCUT2D eigenvalue weighted by molar-refractivity contribution is -0.169. The van der Waals surface area contributed by atoms with Gasteiger partial charge < -0.3 is 29.2 Å². The second-order valence-corrected chi connectivity index (χ2v) is 13.5. The molecule has 2 N–H and O–H groups in total. The van der Waals surface area contributed by atoms with Crippen LogP contribution < -0.4 is 0 Å². The minimum absolute atomic E-state index is 0.124. The topological polar surface area (TPSA) is 152 Å². The molecule has 2 saturated carbocycles. The van der Waals surface area contributed by atoms with Crippen molar-refractivity contribution in [2.24, 2.45) is 47.3 Å². The Hall–Kier alpha value is -2.20. The highest BCUT2D eigenvalue weighted by atomic mass is 16.6. The average molecular weight is 623 g/mol. The summed E-state index contributed by atoms with van der Waals surface area (Å²) in [5.41, 5.74) is 0. The van der Waals surface area contributed by atoms with Gasteiger partial charge in [-0.15, -0.1) is 0 Å². The summed E-state index contributed by atoms with van der Waals surface area (Å²) in [7, 11) is 0. The molecule has 2 saturated heterocycles. The van der Waals surface area contributed by atoms with Gasteiger partial charge in [-0.05, 0) is 24.7 Å². The quantitative estimate of drug-likeness (QED) is 0.107. The Bertz CT molecular complexity index is 921. The van der Waals surface area contributed by atoms with Crippen molar-refractivity contribution < 1.29 is 48.3 Å². The molecule has 44 heavy (non-hydrogen) atoms. The lowest BCUT2D eigenvalue weighted by atomic mass is 9.65. The molecule has 0 aromatic carbocycles. The molecule has 0 aromatic heterocycles. The smallest absolute Gasteiger partial charge is 0.310 e. The molecule has 2 aliphatic carbocycles. The highest BCUT2D eigenvalue weighted by Gasteiger charge is 2.62. The molecule has 4 rings (SSSR count). The number of carboxylic acids is 2. The van der Waals surface area contributed by atoms with E-state index in [0.717, 1.165) is 64.2 Å². The van der Waals surface area contributed by atoms with Gasteiger partial charge in [0.2, 0.25) is 0 Å². The number of unbranched alkanes of at least 4 members (excludes halogenated alkanes) is 4. The minimum atomic E-state index is -1.02. The summed E-state index contributed by atoms with van der Waals surface area (Å²) in [6.45, 7) is 7.99. The van der Waals surface area contributed by atoms with Crippen molar-refractivity contribution in [3.05, 3.63) is 0 Å². The van der Waals surface area contributed by atoms with Gasteiger partial charge in [0.1, 0.15) is 13.2 Å². The maximum atomic E-state index is 13.5. The number of hydrogen-bond donors (Lipinski definition) is 2. The van der Waals surface area contributed by atoms with Crippen LogP contribution in [0.15, 0.2) is 0 Å². The molecule has 2 heterocycles. The van der Waals surface area contributed by atoms with Gasteiger partial charge in [-0.1, -0.05) is 91.9 Å². The van der Waals surface area contributed by atoms with Gasteiger partial charge in [-0.3, -0.25) is 19.2 Å². The second-order valence-electron chi connectivity index (χ2n) is 13.5. The third-order valence-electron chi connectivity index (χ3n) is 10.9. The predicted octanol–water partition coefficient (Wildman–Crippen LogP) is 5.49. The zero-order valence-electron chi connectivity index (χ0n) is 27.0. The number of carbonyl (C=O) groups is 4. The normalized spacial score (nSPS) is 35.0. The summed E-state index contributed by atoms with van der Waals surface area (Å²) in [5.74, 6) is -6.77. The standard InChI is InChI=1S/C34H54O10/c1-5-9-11-13-19(7-3)25-27(21(31(35)36)17-23-29(25)43-23)33(39)41-15-16-42-34(40)28-22(32(37)38)18-24-30(44-24)26(28)20(8-4)14-12-10-6-2/h19-30H,5-18H2,1-4H3,(H,35,36)(H,37,38). The summed E-state index contributed by atoms with van der Waals surface area (Å²) in [4.78, 5) is 51.5. The number of carboxylic acid groups (broad SMARTS) is 2. The van der Waals surface area contributed by atoms with Gasteiger partial charge in [0.25, 0.3) is 0 Å². The Morgan fingerprint density at radius 1 is 0.659 bits per heavy atom. The average Bonchev–Trinajstić information content (AvgIpc) is 3.93. The Morgan fingerprint density at radius 2 is 1.05 bits per heavy atom. The number of aliphatic carboxylic acids is 2. The van der Waals surface area contributed by atoms with Crippen LogP contribution >= 0.6 is 0 Å². The molecular formula is C34H54O10. The molecule has 4 fully saturated rings. The van der Waals surface area contributed by atoms with E-state index >= 15 is 0 Å². The zero-order chi connectivity index (χ0) is 32.0. The Balaban J connectivity index is 1.39. The molecule has 12 unspecified atom stereocenters. The first-order valence-electron chi connectivity index (χ1n) is 17.3. The Kier molecular flexibility index (Phi) is 12.5. The summed E-state index contributed by atoms with van der Waals surface area (Å²) in [5, 5.41) is 20.1. The van der Waals surface area contributed by atoms with Crippen LogP contribution in [0.4, 0.5) is 0 Å². The number of fused-ring (bicyclic) bond motifs is 2. The van der Waals surface area contributed by atoms with Crippen molar-refractivity contribution in [2.75, 3.05) is 13.2 Å². The predicted molar refractivity (Wildman–Crippen MR) is 161 cm³/mol. The van der Waals surface area contributed by atoms with Gasteiger partial charge in [0.05, 0.1) is 48.1 Å². The largest absolute Gasteiger partial charge is 0.481 e. The van der Waals surface area contributed by atoms with Crippen LogP contribution in [-0.2, 0) is 38.1 Å². The molecule has 250 valence electrons. The van der Waals surface area contributed by atoms with Crippen molar-refractivity contribution in [1.82, 2.24) is 0 Å². The van der Waals surface area contributed by atoms with Crippen molar-refractivity contribution >= 4 is 23.9 Å². The first kappa shape index (κ1) is 34.7. The molecule has 0 bridgehead atoms. The Labute approximate surface area is 261 Å². The number of rotatable bonds is 19. The fourth-order valence-electron chi connectivity index (χ4n) is 8.51. The van der Waals surface area contributed by atoms with Gasteiger partial charge in [0, 0.05) is 11.8 Å². The first-order chi connectivity index (χ1) is 21.2. The van der Waals surface area contributed by atoms with Crippen LogP contribution in [0.2, 0.25) is 0 Å². The molecule has 2 aliphatic heterocycles. The summed E-state index contributed by atoms with van der Waals surface area (Å²) in [6, 6.07) is 0. The van der Waals surface area contributed by atoms with E-state index in [1.807, 2.05) is 0 Å². The van der Waals surface area contributed by atoms with E-state index in [0.29, 0.717) is 0 Å². The molecule has 12 atom stereocenters. The third-order valence-corrected chi connectivity index (χ3v) is 10.9. The van der Waals surface area contributed by atoms with E-state index in [9.17, 15) is 29.4 Å². The molecule has 0 radical (unpaired) electrons. The number of ether oxygens (including phenoxy) is 4. The van der Waals surface area contributed by atoms with Crippen molar-refractivity contribution in [2.45, 2.75) is 129 Å². The first-order valence-corrected chi connectivity index (χ1v) is 17.3. The van der Waals surface area contributed by atoms with Crippen LogP contribution in [-0.4, -0.2) is 71.7 Å². The lowest BCUT2D eigenvalue weighted by Crippen LogP contribution is -2.47. The van der Waals surface area contributed by atoms with Crippen LogP contribution in [0, 0.1) is 47.3 Å². The maximum absolute atomic E-state index is 13.5. The van der Waals surface area contributed by atoms with Crippen LogP contribution in [0.5, 0.6) is 0 Å². The van der Waals surface area contributed by atoms with Crippen molar-refractivity contribution in [3.8, 4) is 0 Å². The molecule has 0 spiro atoms. The molecule has 10 nitrogen and oxygen atoms in total. The number of esters is 2. The number of hydrogen-bond acceptors (Lipinski definition) is 8. The summed E-state index contributed by atoms with van der Waals surface area (Å²) >= 11 is 0. The second kappa shape index (κ2) is 15.9. The van der Waals surface area contributed by atoms with E-state index in [4.69, 9.17) is 18.9 Å². The zero-order valence-corrected chi connectivity index (χ0v) is 27.0.